The van der Waals surface area contributed by atoms with E-state index < -0.39 is 18.7 Å². The van der Waals surface area contributed by atoms with E-state index in [9.17, 15) is 13.2 Å². The van der Waals surface area contributed by atoms with E-state index >= 15 is 0 Å². The van der Waals surface area contributed by atoms with Crippen LogP contribution in [0.5, 0.6) is 0 Å². The standard InChI is InChI=1S/C10H9F3N2O/c11-10(12,13)9(16)4-7-3-6-1-2-14-5-8(6)15-7/h1-3,5,9,15-16H,4H2/t9-/m1/s1. The van der Waals surface area contributed by atoms with Gasteiger partial charge in [-0.1, -0.05) is 0 Å². The van der Waals surface area contributed by atoms with Crippen LogP contribution in [0.4, 0.5) is 13.2 Å². The lowest BCUT2D eigenvalue weighted by Crippen LogP contribution is -2.30. The molecule has 0 saturated carbocycles. The van der Waals surface area contributed by atoms with Crippen molar-refractivity contribution in [3.63, 3.8) is 0 Å². The fraction of sp³-hybridized carbons (Fsp3) is 0.300. The van der Waals surface area contributed by atoms with E-state index in [1.165, 1.54) is 6.20 Å². The number of aliphatic hydroxyl groups excluding tert-OH is 1. The molecule has 2 heterocycles. The molecule has 0 aromatic carbocycles. The summed E-state index contributed by atoms with van der Waals surface area (Å²) in [5, 5.41) is 9.68. The summed E-state index contributed by atoms with van der Waals surface area (Å²) in [6, 6.07) is 3.27. The van der Waals surface area contributed by atoms with Gasteiger partial charge >= 0.3 is 6.18 Å². The number of halogens is 3. The molecule has 3 nitrogen and oxygen atoms in total. The zero-order valence-corrected chi connectivity index (χ0v) is 8.12. The van der Waals surface area contributed by atoms with Crippen molar-refractivity contribution in [1.82, 2.24) is 9.97 Å². The maximum absolute atomic E-state index is 12.1. The van der Waals surface area contributed by atoms with Crippen LogP contribution in [0.2, 0.25) is 0 Å². The molecule has 0 aliphatic heterocycles. The summed E-state index contributed by atoms with van der Waals surface area (Å²) in [6.45, 7) is 0. The summed E-state index contributed by atoms with van der Waals surface area (Å²) in [5.74, 6) is 0. The van der Waals surface area contributed by atoms with Crippen molar-refractivity contribution in [2.45, 2.75) is 18.7 Å². The van der Waals surface area contributed by atoms with Crippen LogP contribution in [0.15, 0.2) is 24.5 Å². The van der Waals surface area contributed by atoms with Crippen LogP contribution in [-0.2, 0) is 6.42 Å². The molecular weight excluding hydrogens is 221 g/mol. The van der Waals surface area contributed by atoms with Crippen LogP contribution in [0.1, 0.15) is 5.69 Å². The smallest absolute Gasteiger partial charge is 0.383 e. The first-order chi connectivity index (χ1) is 7.47. The highest BCUT2D eigenvalue weighted by molar-refractivity contribution is 5.79. The lowest BCUT2D eigenvalue weighted by atomic mass is 10.2. The van der Waals surface area contributed by atoms with E-state index in [2.05, 4.69) is 9.97 Å². The van der Waals surface area contributed by atoms with E-state index in [0.717, 1.165) is 5.39 Å². The zero-order valence-electron chi connectivity index (χ0n) is 8.12. The number of hydrogen-bond donors (Lipinski definition) is 2. The fourth-order valence-electron chi connectivity index (χ4n) is 1.47. The molecule has 0 radical (unpaired) electrons. The highest BCUT2D eigenvalue weighted by Gasteiger charge is 2.38. The van der Waals surface area contributed by atoms with Crippen molar-refractivity contribution in [2.75, 3.05) is 0 Å². The van der Waals surface area contributed by atoms with Crippen LogP contribution >= 0.6 is 0 Å². The molecule has 16 heavy (non-hydrogen) atoms. The Bertz CT molecular complexity index is 459. The normalized spacial score (nSPS) is 14.2. The topological polar surface area (TPSA) is 48.9 Å². The number of aliphatic hydroxyl groups is 1. The van der Waals surface area contributed by atoms with Crippen molar-refractivity contribution in [3.8, 4) is 0 Å². The molecule has 0 spiro atoms. The second-order valence-corrected chi connectivity index (χ2v) is 3.52. The Morgan fingerprint density at radius 3 is 2.81 bits per heavy atom. The molecule has 0 aliphatic rings. The van der Waals surface area contributed by atoms with Crippen molar-refractivity contribution in [3.05, 3.63) is 30.2 Å². The van der Waals surface area contributed by atoms with Crippen LogP contribution in [-0.4, -0.2) is 27.4 Å². The van der Waals surface area contributed by atoms with Crippen LogP contribution in [0, 0.1) is 0 Å². The van der Waals surface area contributed by atoms with E-state index in [-0.39, 0.29) is 0 Å². The molecule has 0 amide bonds. The highest BCUT2D eigenvalue weighted by atomic mass is 19.4. The maximum atomic E-state index is 12.1. The number of aromatic nitrogens is 2. The quantitative estimate of drug-likeness (QED) is 0.829. The Hall–Kier alpha value is -1.56. The van der Waals surface area contributed by atoms with Gasteiger partial charge in [0, 0.05) is 23.7 Å². The van der Waals surface area contributed by atoms with Crippen LogP contribution < -0.4 is 0 Å². The third-order valence-corrected chi connectivity index (χ3v) is 2.27. The second kappa shape index (κ2) is 3.79. The first-order valence-corrected chi connectivity index (χ1v) is 4.63. The Labute approximate surface area is 88.9 Å². The molecule has 0 aliphatic carbocycles. The van der Waals surface area contributed by atoms with Gasteiger partial charge in [-0.25, -0.2) is 0 Å². The third kappa shape index (κ3) is 2.16. The molecule has 2 aromatic rings. The number of hydrogen-bond acceptors (Lipinski definition) is 2. The van der Waals surface area contributed by atoms with Gasteiger partial charge in [-0.2, -0.15) is 13.2 Å². The summed E-state index contributed by atoms with van der Waals surface area (Å²) < 4.78 is 36.3. The maximum Gasteiger partial charge on any atom is 0.414 e. The largest absolute Gasteiger partial charge is 0.414 e. The molecule has 0 fully saturated rings. The molecule has 0 bridgehead atoms. The lowest BCUT2D eigenvalue weighted by Gasteiger charge is -2.12. The van der Waals surface area contributed by atoms with Gasteiger partial charge in [0.05, 0.1) is 11.7 Å². The van der Waals surface area contributed by atoms with Crippen LogP contribution in [0.3, 0.4) is 0 Å². The van der Waals surface area contributed by atoms with Gasteiger partial charge in [-0.3, -0.25) is 4.98 Å². The minimum atomic E-state index is -4.59. The summed E-state index contributed by atoms with van der Waals surface area (Å²) in [4.78, 5) is 6.61. The fourth-order valence-corrected chi connectivity index (χ4v) is 1.47. The molecule has 1 atom stereocenters. The predicted octanol–water partition coefficient (Wildman–Crippen LogP) is 2.03. The molecule has 2 aromatic heterocycles. The Morgan fingerprint density at radius 1 is 1.44 bits per heavy atom. The minimum absolute atomic E-state index is 0.341. The number of H-pyrrole nitrogens is 1. The SMILES string of the molecule is O[C@H](Cc1cc2ccncc2[nH]1)C(F)(F)F. The third-order valence-electron chi connectivity index (χ3n) is 2.27. The average Bonchev–Trinajstić information content (AvgIpc) is 2.58. The van der Waals surface area contributed by atoms with Crippen molar-refractivity contribution >= 4 is 10.9 Å². The Balaban J connectivity index is 2.22. The van der Waals surface area contributed by atoms with Gasteiger partial charge in [0.2, 0.25) is 0 Å². The first-order valence-electron chi connectivity index (χ1n) is 4.63. The van der Waals surface area contributed by atoms with Crippen molar-refractivity contribution in [1.29, 1.82) is 0 Å². The van der Waals surface area contributed by atoms with Crippen molar-refractivity contribution in [2.24, 2.45) is 0 Å². The summed E-state index contributed by atoms with van der Waals surface area (Å²) in [5.41, 5.74) is 1.000. The Kier molecular flexibility index (Phi) is 2.59. The van der Waals surface area contributed by atoms with E-state index in [1.807, 2.05) is 0 Å². The average molecular weight is 230 g/mol. The lowest BCUT2D eigenvalue weighted by molar-refractivity contribution is -0.203. The number of nitrogens with zero attached hydrogens (tertiary/aromatic N) is 1. The molecule has 6 heteroatoms. The number of rotatable bonds is 2. The molecule has 0 saturated heterocycles. The number of pyridine rings is 1. The van der Waals surface area contributed by atoms with E-state index in [1.54, 1.807) is 18.3 Å². The molecule has 2 N–H and O–H groups in total. The number of aromatic amines is 1. The molecule has 86 valence electrons. The first kappa shape index (κ1) is 10.9. The van der Waals surface area contributed by atoms with Gasteiger partial charge in [0.25, 0.3) is 0 Å². The van der Waals surface area contributed by atoms with E-state index in [0.29, 0.717) is 11.2 Å². The predicted molar refractivity (Wildman–Crippen MR) is 51.9 cm³/mol. The summed E-state index contributed by atoms with van der Waals surface area (Å²) in [6.07, 6.45) is -4.32. The van der Waals surface area contributed by atoms with E-state index in [4.69, 9.17) is 5.11 Å². The number of alkyl halides is 3. The number of nitrogens with one attached hydrogen (secondary N) is 1. The van der Waals surface area contributed by atoms with Gasteiger partial charge < -0.3 is 10.1 Å². The minimum Gasteiger partial charge on any atom is -0.383 e. The van der Waals surface area contributed by atoms with Crippen LogP contribution in [0.25, 0.3) is 10.9 Å². The summed E-state index contributed by atoms with van der Waals surface area (Å²) in [7, 11) is 0. The molecule has 0 unspecified atom stereocenters. The van der Waals surface area contributed by atoms with Gasteiger partial charge in [-0.05, 0) is 12.1 Å². The number of fused-ring (bicyclic) bond motifs is 1. The van der Waals surface area contributed by atoms with Gasteiger partial charge in [-0.15, -0.1) is 0 Å². The second-order valence-electron chi connectivity index (χ2n) is 3.52. The summed E-state index contributed by atoms with van der Waals surface area (Å²) >= 11 is 0. The molecule has 2 rings (SSSR count). The monoisotopic (exact) mass is 230 g/mol. The zero-order chi connectivity index (χ0) is 11.8. The van der Waals surface area contributed by atoms with Crippen molar-refractivity contribution < 1.29 is 18.3 Å². The molecular formula is C10H9F3N2O. The van der Waals surface area contributed by atoms with Gasteiger partial charge in [0.1, 0.15) is 0 Å². The highest BCUT2D eigenvalue weighted by Crippen LogP contribution is 2.24. The van der Waals surface area contributed by atoms with Gasteiger partial charge in [0.15, 0.2) is 6.10 Å². The Morgan fingerprint density at radius 2 is 2.19 bits per heavy atom.